The van der Waals surface area contributed by atoms with E-state index in [1.807, 2.05) is 0 Å². The molecule has 0 radical (unpaired) electrons. The van der Waals surface area contributed by atoms with Crippen LogP contribution in [-0.2, 0) is 10.0 Å². The summed E-state index contributed by atoms with van der Waals surface area (Å²) in [4.78, 5) is 27.7. The van der Waals surface area contributed by atoms with E-state index in [4.69, 9.17) is 9.47 Å². The summed E-state index contributed by atoms with van der Waals surface area (Å²) in [6.45, 7) is 1.11. The lowest BCUT2D eigenvalue weighted by molar-refractivity contribution is 0.0953. The van der Waals surface area contributed by atoms with Gasteiger partial charge in [-0.1, -0.05) is 24.3 Å². The first kappa shape index (κ1) is 18.7. The Bertz CT molecular complexity index is 1210. The van der Waals surface area contributed by atoms with Crippen molar-refractivity contribution in [3.8, 4) is 11.5 Å². The summed E-state index contributed by atoms with van der Waals surface area (Å²) in [5, 5.41) is 0. The molecule has 5 rings (SSSR count). The van der Waals surface area contributed by atoms with E-state index in [1.54, 1.807) is 29.2 Å². The van der Waals surface area contributed by atoms with E-state index in [0.29, 0.717) is 24.6 Å². The van der Waals surface area contributed by atoms with Crippen LogP contribution >= 0.6 is 0 Å². The zero-order valence-corrected chi connectivity index (χ0v) is 16.7. The number of hydrogen-bond acceptors (Lipinski definition) is 7. The maximum atomic E-state index is 13.3. The number of nitrogens with one attached hydrogen (secondary N) is 1. The highest BCUT2D eigenvalue weighted by Crippen LogP contribution is 2.37. The predicted octanol–water partition coefficient (Wildman–Crippen LogP) is 2.54. The van der Waals surface area contributed by atoms with Gasteiger partial charge in [0.15, 0.2) is 16.4 Å². The topological polar surface area (TPSA) is 102 Å². The van der Waals surface area contributed by atoms with Gasteiger partial charge < -0.3 is 14.4 Å². The Balaban J connectivity index is 1.62. The Morgan fingerprint density at radius 2 is 1.53 bits per heavy atom. The first-order chi connectivity index (χ1) is 14.5. The van der Waals surface area contributed by atoms with Crippen molar-refractivity contribution in [1.82, 2.24) is 4.90 Å². The van der Waals surface area contributed by atoms with Gasteiger partial charge in [-0.2, -0.15) is 0 Å². The predicted molar refractivity (Wildman–Crippen MR) is 108 cm³/mol. The molecular weight excluding hydrogens is 408 g/mol. The lowest BCUT2D eigenvalue weighted by Gasteiger charge is -2.27. The zero-order valence-electron chi connectivity index (χ0n) is 15.9. The van der Waals surface area contributed by atoms with Crippen LogP contribution in [0.15, 0.2) is 53.1 Å². The molecule has 0 bridgehead atoms. The number of fused-ring (bicyclic) bond motifs is 2. The number of benzene rings is 2. The Morgan fingerprint density at radius 3 is 2.27 bits per heavy atom. The van der Waals surface area contributed by atoms with Gasteiger partial charge in [0.25, 0.3) is 10.0 Å². The standard InChI is InChI=1S/C21H18N2O6S/c24-19-14-5-1-2-6-15(14)20(25)21(18(19)23-9-3-4-10-23)30(26,27)22-13-7-8-16-17(11-13)29-12-28-16/h1-2,5-8,11,22H,3-4,9-10,12H2. The largest absolute Gasteiger partial charge is 0.454 e. The monoisotopic (exact) mass is 426 g/mol. The van der Waals surface area contributed by atoms with E-state index in [2.05, 4.69) is 4.72 Å². The maximum absolute atomic E-state index is 13.3. The van der Waals surface area contributed by atoms with Gasteiger partial charge in [0.1, 0.15) is 5.70 Å². The molecule has 0 unspecified atom stereocenters. The lowest BCUT2D eigenvalue weighted by atomic mass is 9.92. The molecule has 8 nitrogen and oxygen atoms in total. The number of hydrogen-bond donors (Lipinski definition) is 1. The summed E-state index contributed by atoms with van der Waals surface area (Å²) < 4.78 is 39.7. The van der Waals surface area contributed by atoms with Crippen molar-refractivity contribution in [1.29, 1.82) is 0 Å². The third-order valence-electron chi connectivity index (χ3n) is 5.37. The van der Waals surface area contributed by atoms with Crippen molar-refractivity contribution in [3.63, 3.8) is 0 Å². The van der Waals surface area contributed by atoms with E-state index < -0.39 is 26.5 Å². The number of carbonyl (C=O) groups is 2. The Labute approximate surface area is 173 Å². The SMILES string of the molecule is O=C1C(N2CCCC2)=C(S(=O)(=O)Nc2ccc3c(c2)OCO3)C(=O)c2ccccc21. The van der Waals surface area contributed by atoms with Crippen LogP contribution in [0, 0.1) is 0 Å². The molecule has 1 aliphatic carbocycles. The Morgan fingerprint density at radius 1 is 0.867 bits per heavy atom. The van der Waals surface area contributed by atoms with Crippen LogP contribution in [0.4, 0.5) is 5.69 Å². The van der Waals surface area contributed by atoms with Crippen molar-refractivity contribution in [3.05, 3.63) is 64.2 Å². The number of ether oxygens (including phenoxy) is 2. The molecule has 1 saturated heterocycles. The van der Waals surface area contributed by atoms with Crippen molar-refractivity contribution in [2.75, 3.05) is 24.6 Å². The molecule has 30 heavy (non-hydrogen) atoms. The molecule has 2 aromatic carbocycles. The highest BCUT2D eigenvalue weighted by molar-refractivity contribution is 7.97. The summed E-state index contributed by atoms with van der Waals surface area (Å²) in [7, 11) is -4.34. The van der Waals surface area contributed by atoms with Gasteiger partial charge in [-0.15, -0.1) is 0 Å². The second-order valence-corrected chi connectivity index (χ2v) is 8.87. The molecule has 2 aromatic rings. The average molecular weight is 426 g/mol. The summed E-state index contributed by atoms with van der Waals surface area (Å²) in [6.07, 6.45) is 1.66. The van der Waals surface area contributed by atoms with Crippen LogP contribution in [0.25, 0.3) is 0 Å². The molecule has 154 valence electrons. The minimum absolute atomic E-state index is 0.0514. The third kappa shape index (κ3) is 2.93. The summed E-state index contributed by atoms with van der Waals surface area (Å²) in [6, 6.07) is 10.9. The Hall–Kier alpha value is -3.33. The third-order valence-corrected chi connectivity index (χ3v) is 6.79. The molecular formula is C21H18N2O6S. The number of likely N-dealkylation sites (tertiary alicyclic amines) is 1. The van der Waals surface area contributed by atoms with Crippen molar-refractivity contribution < 1.29 is 27.5 Å². The van der Waals surface area contributed by atoms with Crippen LogP contribution in [-0.4, -0.2) is 44.8 Å². The van der Waals surface area contributed by atoms with Gasteiger partial charge >= 0.3 is 0 Å². The summed E-state index contributed by atoms with van der Waals surface area (Å²) in [5.74, 6) is -0.216. The number of sulfonamides is 1. The van der Waals surface area contributed by atoms with E-state index in [1.165, 1.54) is 18.2 Å². The second-order valence-electron chi connectivity index (χ2n) is 7.25. The van der Waals surface area contributed by atoms with Gasteiger partial charge in [0, 0.05) is 30.3 Å². The molecule has 1 fully saturated rings. The normalized spacial score (nSPS) is 18.1. The molecule has 0 aromatic heterocycles. The van der Waals surface area contributed by atoms with Crippen LogP contribution in [0.1, 0.15) is 33.6 Å². The van der Waals surface area contributed by atoms with E-state index in [-0.39, 0.29) is 29.3 Å². The molecule has 0 amide bonds. The highest BCUT2D eigenvalue weighted by Gasteiger charge is 2.42. The fraction of sp³-hybridized carbons (Fsp3) is 0.238. The van der Waals surface area contributed by atoms with Crippen LogP contribution < -0.4 is 14.2 Å². The van der Waals surface area contributed by atoms with Gasteiger partial charge in [0.05, 0.1) is 5.69 Å². The average Bonchev–Trinajstić information content (AvgIpc) is 3.41. The highest BCUT2D eigenvalue weighted by atomic mass is 32.2. The first-order valence-corrected chi connectivity index (χ1v) is 11.0. The maximum Gasteiger partial charge on any atom is 0.268 e. The van der Waals surface area contributed by atoms with Gasteiger partial charge in [-0.25, -0.2) is 8.42 Å². The summed E-state index contributed by atoms with van der Waals surface area (Å²) >= 11 is 0. The number of anilines is 1. The number of Topliss-reactive ketones (excluding diaryl/α,β-unsaturated/α-hetero) is 2. The fourth-order valence-electron chi connectivity index (χ4n) is 3.98. The van der Waals surface area contributed by atoms with Crippen LogP contribution in [0.3, 0.4) is 0 Å². The van der Waals surface area contributed by atoms with Crippen LogP contribution in [0.5, 0.6) is 11.5 Å². The smallest absolute Gasteiger partial charge is 0.268 e. The quantitative estimate of drug-likeness (QED) is 0.802. The molecule has 2 aliphatic heterocycles. The zero-order chi connectivity index (χ0) is 20.9. The van der Waals surface area contributed by atoms with E-state index >= 15 is 0 Å². The lowest BCUT2D eigenvalue weighted by Crippen LogP contribution is -2.36. The van der Waals surface area contributed by atoms with Gasteiger partial charge in [0.2, 0.25) is 18.4 Å². The molecule has 1 N–H and O–H groups in total. The van der Waals surface area contributed by atoms with Crippen molar-refractivity contribution >= 4 is 27.3 Å². The molecule has 0 atom stereocenters. The molecule has 9 heteroatoms. The van der Waals surface area contributed by atoms with E-state index in [0.717, 1.165) is 12.8 Å². The molecule has 3 aliphatic rings. The summed E-state index contributed by atoms with van der Waals surface area (Å²) in [5.41, 5.74) is 0.485. The molecule has 0 saturated carbocycles. The van der Waals surface area contributed by atoms with Gasteiger partial charge in [-0.05, 0) is 25.0 Å². The van der Waals surface area contributed by atoms with Gasteiger partial charge in [-0.3, -0.25) is 14.3 Å². The fourth-order valence-corrected chi connectivity index (χ4v) is 5.35. The minimum atomic E-state index is -4.34. The number of rotatable bonds is 4. The van der Waals surface area contributed by atoms with Crippen molar-refractivity contribution in [2.45, 2.75) is 12.8 Å². The Kier molecular flexibility index (Phi) is 4.28. The number of nitrogens with zero attached hydrogens (tertiary/aromatic N) is 1. The number of carbonyl (C=O) groups excluding carboxylic acids is 2. The van der Waals surface area contributed by atoms with E-state index in [9.17, 15) is 18.0 Å². The number of ketones is 2. The second kappa shape index (κ2) is 6.88. The van der Waals surface area contributed by atoms with Crippen LogP contribution in [0.2, 0.25) is 0 Å². The number of allylic oxidation sites excluding steroid dienone is 2. The first-order valence-electron chi connectivity index (χ1n) is 9.56. The minimum Gasteiger partial charge on any atom is -0.454 e. The molecule has 0 spiro atoms. The van der Waals surface area contributed by atoms with Crippen molar-refractivity contribution in [2.24, 2.45) is 0 Å². The molecule has 2 heterocycles.